The first-order valence-electron chi connectivity index (χ1n) is 7.93. The molecule has 19 heavy (non-hydrogen) atoms. The van der Waals surface area contributed by atoms with Crippen LogP contribution in [0.1, 0.15) is 78.1 Å². The molecule has 0 aliphatic carbocycles. The quantitative estimate of drug-likeness (QED) is 0.396. The molecule has 1 N–H and O–H groups in total. The predicted octanol–water partition coefficient (Wildman–Crippen LogP) is 4.63. The van der Waals surface area contributed by atoms with Crippen LogP contribution >= 0.6 is 0 Å². The van der Waals surface area contributed by atoms with Crippen LogP contribution in [-0.4, -0.2) is 28.3 Å². The van der Waals surface area contributed by atoms with Crippen LogP contribution in [0.2, 0.25) is 0 Å². The van der Waals surface area contributed by atoms with Crippen LogP contribution in [0, 0.1) is 0 Å². The molecule has 0 saturated carbocycles. The smallest absolute Gasteiger partial charge is 0.356 e. The molecule has 0 aromatic rings. The molecule has 2 unspecified atom stereocenters. The van der Waals surface area contributed by atoms with Crippen molar-refractivity contribution in [2.75, 3.05) is 12.0 Å². The van der Waals surface area contributed by atoms with Crippen molar-refractivity contribution in [1.82, 2.24) is 0 Å². The van der Waals surface area contributed by atoms with E-state index >= 15 is 0 Å². The van der Waals surface area contributed by atoms with Crippen LogP contribution in [0.25, 0.3) is 0 Å². The molecule has 0 fully saturated rings. The van der Waals surface area contributed by atoms with E-state index in [1.165, 1.54) is 64.2 Å². The Morgan fingerprint density at radius 1 is 0.947 bits per heavy atom. The van der Waals surface area contributed by atoms with E-state index in [4.69, 9.17) is 5.11 Å². The van der Waals surface area contributed by atoms with Crippen molar-refractivity contribution in [2.24, 2.45) is 0 Å². The monoisotopic (exact) mass is 289 g/mol. The van der Waals surface area contributed by atoms with Crippen molar-refractivity contribution >= 4 is 16.9 Å². The zero-order chi connectivity index (χ0) is 14.5. The van der Waals surface area contributed by atoms with Gasteiger partial charge >= 0.3 is 5.97 Å². The number of aliphatic carboxylic acids is 1. The third kappa shape index (κ3) is 11.4. The average Bonchev–Trinajstić information content (AvgIpc) is 2.39. The normalized spacial score (nSPS) is 14.3. The summed E-state index contributed by atoms with van der Waals surface area (Å²) in [5, 5.41) is 8.75. The van der Waals surface area contributed by atoms with Crippen molar-refractivity contribution < 1.29 is 9.90 Å². The minimum absolute atomic E-state index is 0.0429. The van der Waals surface area contributed by atoms with Crippen molar-refractivity contribution in [3.8, 4) is 0 Å². The molecule has 0 aromatic carbocycles. The Kier molecular flexibility index (Phi) is 12.7. The summed E-state index contributed by atoms with van der Waals surface area (Å²) in [7, 11) is 0.0429. The Morgan fingerprint density at radius 2 is 1.37 bits per heavy atom. The minimum atomic E-state index is -0.641. The van der Waals surface area contributed by atoms with E-state index in [9.17, 15) is 4.79 Å². The standard InChI is InChI=1S/C16H32O2S/c1-4-5-6-7-8-9-10-11-12-13-14-19(3)15(2)16(17)18/h15H,4-14H2,1-3H3/p+1. The molecular formula is C16H33O2S+. The Morgan fingerprint density at radius 3 is 1.79 bits per heavy atom. The van der Waals surface area contributed by atoms with Gasteiger partial charge in [0.15, 0.2) is 0 Å². The molecule has 0 aliphatic rings. The number of carbonyl (C=O) groups is 1. The first kappa shape index (κ1) is 18.8. The van der Waals surface area contributed by atoms with Crippen LogP contribution in [0.3, 0.4) is 0 Å². The lowest BCUT2D eigenvalue weighted by Gasteiger charge is -2.07. The molecule has 0 aromatic heterocycles. The summed E-state index contributed by atoms with van der Waals surface area (Å²) in [5.74, 6) is 0.446. The third-order valence-corrected chi connectivity index (χ3v) is 6.11. The first-order valence-corrected chi connectivity index (χ1v) is 9.80. The molecule has 2 nitrogen and oxygen atoms in total. The number of rotatable bonds is 13. The Bertz CT molecular complexity index is 219. The minimum Gasteiger partial charge on any atom is -0.478 e. The van der Waals surface area contributed by atoms with Gasteiger partial charge in [0.25, 0.3) is 0 Å². The second kappa shape index (κ2) is 12.8. The van der Waals surface area contributed by atoms with Gasteiger partial charge in [-0.2, -0.15) is 0 Å². The third-order valence-electron chi connectivity index (χ3n) is 3.77. The fourth-order valence-electron chi connectivity index (χ4n) is 2.17. The molecular weight excluding hydrogens is 256 g/mol. The van der Waals surface area contributed by atoms with Gasteiger partial charge in [0.1, 0.15) is 5.75 Å². The zero-order valence-corrected chi connectivity index (χ0v) is 13.9. The number of hydrogen-bond acceptors (Lipinski definition) is 1. The highest BCUT2D eigenvalue weighted by atomic mass is 32.2. The topological polar surface area (TPSA) is 37.3 Å². The predicted molar refractivity (Wildman–Crippen MR) is 87.1 cm³/mol. The number of unbranched alkanes of at least 4 members (excludes halogenated alkanes) is 9. The highest BCUT2D eigenvalue weighted by Crippen LogP contribution is 2.12. The number of carboxylic acids is 1. The summed E-state index contributed by atoms with van der Waals surface area (Å²) in [6, 6.07) is 0. The summed E-state index contributed by atoms with van der Waals surface area (Å²) < 4.78 is 0. The van der Waals surface area contributed by atoms with Gasteiger partial charge in [0.05, 0.1) is 6.26 Å². The maximum atomic E-state index is 10.8. The largest absolute Gasteiger partial charge is 0.478 e. The van der Waals surface area contributed by atoms with E-state index in [1.54, 1.807) is 0 Å². The summed E-state index contributed by atoms with van der Waals surface area (Å²) in [6.45, 7) is 4.09. The van der Waals surface area contributed by atoms with Crippen molar-refractivity contribution in [3.05, 3.63) is 0 Å². The van der Waals surface area contributed by atoms with E-state index in [1.807, 2.05) is 6.92 Å². The lowest BCUT2D eigenvalue weighted by atomic mass is 10.1. The van der Waals surface area contributed by atoms with Gasteiger partial charge in [-0.25, -0.2) is 4.79 Å². The van der Waals surface area contributed by atoms with Crippen molar-refractivity contribution in [3.63, 3.8) is 0 Å². The van der Waals surface area contributed by atoms with Gasteiger partial charge < -0.3 is 5.11 Å². The van der Waals surface area contributed by atoms with Gasteiger partial charge in [-0.1, -0.05) is 58.3 Å². The molecule has 0 aliphatic heterocycles. The second-order valence-corrected chi connectivity index (χ2v) is 8.06. The van der Waals surface area contributed by atoms with Crippen LogP contribution in [0.5, 0.6) is 0 Å². The van der Waals surface area contributed by atoms with E-state index in [-0.39, 0.29) is 16.1 Å². The summed E-state index contributed by atoms with van der Waals surface area (Å²) in [5.41, 5.74) is 0. The Labute approximate surface area is 122 Å². The molecule has 0 radical (unpaired) electrons. The maximum absolute atomic E-state index is 10.8. The average molecular weight is 290 g/mol. The van der Waals surface area contributed by atoms with Gasteiger partial charge in [-0.3, -0.25) is 0 Å². The zero-order valence-electron chi connectivity index (χ0n) is 13.1. The fraction of sp³-hybridized carbons (Fsp3) is 0.938. The molecule has 0 spiro atoms. The summed E-state index contributed by atoms with van der Waals surface area (Å²) >= 11 is 0. The van der Waals surface area contributed by atoms with Gasteiger partial charge in [0.2, 0.25) is 5.25 Å². The first-order chi connectivity index (χ1) is 9.09. The highest BCUT2D eigenvalue weighted by Gasteiger charge is 2.27. The van der Waals surface area contributed by atoms with Crippen molar-refractivity contribution in [2.45, 2.75) is 83.3 Å². The molecule has 2 atom stereocenters. The Balaban J connectivity index is 3.25. The van der Waals surface area contributed by atoms with E-state index in [2.05, 4.69) is 13.2 Å². The van der Waals surface area contributed by atoms with Crippen LogP contribution in [0.15, 0.2) is 0 Å². The second-order valence-electron chi connectivity index (χ2n) is 5.56. The molecule has 0 amide bonds. The lowest BCUT2D eigenvalue weighted by molar-refractivity contribution is -0.136. The lowest BCUT2D eigenvalue weighted by Crippen LogP contribution is -2.28. The number of carboxylic acid groups (broad SMARTS) is 1. The maximum Gasteiger partial charge on any atom is 0.356 e. The van der Waals surface area contributed by atoms with Crippen LogP contribution < -0.4 is 0 Å². The highest BCUT2D eigenvalue weighted by molar-refractivity contribution is 7.97. The summed E-state index contributed by atoms with van der Waals surface area (Å²) in [4.78, 5) is 10.8. The van der Waals surface area contributed by atoms with Crippen molar-refractivity contribution in [1.29, 1.82) is 0 Å². The van der Waals surface area contributed by atoms with Gasteiger partial charge in [-0.15, -0.1) is 0 Å². The van der Waals surface area contributed by atoms with E-state index in [0.717, 1.165) is 5.75 Å². The van der Waals surface area contributed by atoms with Gasteiger partial charge in [-0.05, 0) is 30.7 Å². The fourth-order valence-corrected chi connectivity index (χ4v) is 3.52. The van der Waals surface area contributed by atoms with E-state index in [0.29, 0.717) is 0 Å². The molecule has 0 bridgehead atoms. The molecule has 0 saturated heterocycles. The van der Waals surface area contributed by atoms with Crippen LogP contribution in [0.4, 0.5) is 0 Å². The van der Waals surface area contributed by atoms with E-state index < -0.39 is 5.97 Å². The van der Waals surface area contributed by atoms with Gasteiger partial charge in [0, 0.05) is 0 Å². The SMILES string of the molecule is CCCCCCCCCCCC[S+](C)C(C)C(=O)O. The molecule has 3 heteroatoms. The summed E-state index contributed by atoms with van der Waals surface area (Å²) in [6.07, 6.45) is 15.6. The number of hydrogen-bond donors (Lipinski definition) is 1. The van der Waals surface area contributed by atoms with Crippen LogP contribution in [-0.2, 0) is 15.7 Å². The molecule has 0 heterocycles. The molecule has 114 valence electrons. The molecule has 0 rings (SSSR count). The Hall–Kier alpha value is -0.180.